The summed E-state index contributed by atoms with van der Waals surface area (Å²) in [6, 6.07) is 0. The van der Waals surface area contributed by atoms with Gasteiger partial charge in [-0.1, -0.05) is 0 Å². The minimum absolute atomic E-state index is 0.144. The van der Waals surface area contributed by atoms with Crippen LogP contribution in [-0.4, -0.2) is 74.2 Å². The molecule has 0 saturated carbocycles. The van der Waals surface area contributed by atoms with Gasteiger partial charge < -0.3 is 34.6 Å². The van der Waals surface area contributed by atoms with E-state index in [4.69, 9.17) is 19.3 Å². The van der Waals surface area contributed by atoms with Crippen molar-refractivity contribution in [2.75, 3.05) is 18.4 Å². The number of aliphatic hydroxyl groups is 3. The SMILES string of the molecule is CSCOC1O[C@H](CCP(=O)(O)O)[C@@H](O)[C@H](O)[C@@H]1O. The maximum absolute atomic E-state index is 10.8. The molecule has 1 unspecified atom stereocenters. The van der Waals surface area contributed by atoms with Gasteiger partial charge in [0.2, 0.25) is 0 Å². The van der Waals surface area contributed by atoms with E-state index in [1.165, 1.54) is 11.8 Å². The highest BCUT2D eigenvalue weighted by atomic mass is 32.2. The summed E-state index contributed by atoms with van der Waals surface area (Å²) in [7, 11) is -4.21. The summed E-state index contributed by atoms with van der Waals surface area (Å²) in [6.45, 7) is 0. The van der Waals surface area contributed by atoms with Crippen LogP contribution < -0.4 is 0 Å². The Bertz CT molecular complexity index is 323. The topological polar surface area (TPSA) is 137 Å². The smallest absolute Gasteiger partial charge is 0.325 e. The first kappa shape index (κ1) is 17.4. The third-order valence-corrected chi connectivity index (χ3v) is 3.94. The highest BCUT2D eigenvalue weighted by Gasteiger charge is 2.44. The van der Waals surface area contributed by atoms with Gasteiger partial charge in [-0.3, -0.25) is 4.57 Å². The van der Waals surface area contributed by atoms with Gasteiger partial charge in [-0.05, 0) is 12.7 Å². The molecule has 1 heterocycles. The highest BCUT2D eigenvalue weighted by molar-refractivity contribution is 7.98. The largest absolute Gasteiger partial charge is 0.388 e. The van der Waals surface area contributed by atoms with Crippen LogP contribution in [0.3, 0.4) is 0 Å². The predicted molar refractivity (Wildman–Crippen MR) is 67.7 cm³/mol. The van der Waals surface area contributed by atoms with Gasteiger partial charge in [-0.2, -0.15) is 0 Å². The fraction of sp³-hybridized carbons (Fsp3) is 1.00. The second kappa shape index (κ2) is 7.35. The summed E-state index contributed by atoms with van der Waals surface area (Å²) in [4.78, 5) is 17.6. The fourth-order valence-electron chi connectivity index (χ4n) is 1.72. The summed E-state index contributed by atoms with van der Waals surface area (Å²) < 4.78 is 21.2. The average molecular weight is 318 g/mol. The molecule has 19 heavy (non-hydrogen) atoms. The van der Waals surface area contributed by atoms with Crippen molar-refractivity contribution in [1.82, 2.24) is 0 Å². The van der Waals surface area contributed by atoms with Crippen molar-refractivity contribution < 1.29 is 39.1 Å². The van der Waals surface area contributed by atoms with Gasteiger partial charge in [-0.25, -0.2) is 0 Å². The second-order valence-corrected chi connectivity index (χ2v) is 6.85. The zero-order valence-electron chi connectivity index (χ0n) is 10.3. The van der Waals surface area contributed by atoms with Gasteiger partial charge in [0.25, 0.3) is 0 Å². The maximum atomic E-state index is 10.8. The quantitative estimate of drug-likeness (QED) is 0.299. The third-order valence-electron chi connectivity index (χ3n) is 2.72. The first-order chi connectivity index (χ1) is 8.76. The van der Waals surface area contributed by atoms with Crippen LogP contribution in [0.4, 0.5) is 0 Å². The van der Waals surface area contributed by atoms with Crippen LogP contribution in [0.2, 0.25) is 0 Å². The molecular weight excluding hydrogens is 299 g/mol. The summed E-state index contributed by atoms with van der Waals surface area (Å²) in [5.74, 6) is 0.218. The molecule has 5 N–H and O–H groups in total. The van der Waals surface area contributed by atoms with Crippen molar-refractivity contribution in [3.05, 3.63) is 0 Å². The Labute approximate surface area is 114 Å². The molecule has 10 heteroatoms. The minimum atomic E-state index is -4.21. The Morgan fingerprint density at radius 1 is 1.21 bits per heavy atom. The average Bonchev–Trinajstić information content (AvgIpc) is 2.33. The monoisotopic (exact) mass is 318 g/mol. The molecule has 0 aromatic heterocycles. The van der Waals surface area contributed by atoms with E-state index in [0.717, 1.165) is 0 Å². The van der Waals surface area contributed by atoms with Crippen molar-refractivity contribution >= 4 is 19.4 Å². The van der Waals surface area contributed by atoms with Crippen molar-refractivity contribution in [3.63, 3.8) is 0 Å². The first-order valence-corrected chi connectivity index (χ1v) is 8.80. The van der Waals surface area contributed by atoms with E-state index in [1.807, 2.05) is 0 Å². The molecule has 0 radical (unpaired) electrons. The molecule has 8 nitrogen and oxygen atoms in total. The van der Waals surface area contributed by atoms with Crippen molar-refractivity contribution in [2.24, 2.45) is 0 Å². The number of hydrogen-bond donors (Lipinski definition) is 5. The van der Waals surface area contributed by atoms with E-state index in [1.54, 1.807) is 6.26 Å². The highest BCUT2D eigenvalue weighted by Crippen LogP contribution is 2.37. The van der Waals surface area contributed by atoms with Crippen molar-refractivity contribution in [1.29, 1.82) is 0 Å². The van der Waals surface area contributed by atoms with Gasteiger partial charge in [0.15, 0.2) is 6.29 Å². The van der Waals surface area contributed by atoms with Crippen LogP contribution in [0.25, 0.3) is 0 Å². The van der Waals surface area contributed by atoms with Crippen molar-refractivity contribution in [2.45, 2.75) is 37.1 Å². The van der Waals surface area contributed by atoms with Crippen LogP contribution in [0.1, 0.15) is 6.42 Å². The molecule has 1 rings (SSSR count). The Balaban J connectivity index is 2.62. The van der Waals surface area contributed by atoms with E-state index in [-0.39, 0.29) is 12.4 Å². The Kier molecular flexibility index (Phi) is 6.71. The lowest BCUT2D eigenvalue weighted by molar-refractivity contribution is -0.291. The molecule has 5 atom stereocenters. The van der Waals surface area contributed by atoms with Gasteiger partial charge in [0.05, 0.1) is 18.2 Å². The molecule has 0 bridgehead atoms. The van der Waals surface area contributed by atoms with Gasteiger partial charge >= 0.3 is 7.60 Å². The van der Waals surface area contributed by atoms with Crippen LogP contribution in [0.5, 0.6) is 0 Å². The van der Waals surface area contributed by atoms with Crippen LogP contribution in [0, 0.1) is 0 Å². The Hall–Kier alpha value is 0.300. The molecule has 0 amide bonds. The summed E-state index contributed by atoms with van der Waals surface area (Å²) in [5, 5.41) is 29.0. The first-order valence-electron chi connectivity index (χ1n) is 5.61. The second-order valence-electron chi connectivity index (χ2n) is 4.26. The third kappa shape index (κ3) is 5.30. The number of thioether (sulfide) groups is 1. The van der Waals surface area contributed by atoms with E-state index < -0.39 is 44.5 Å². The molecular formula is C9H19O8PS. The lowest BCUT2D eigenvalue weighted by atomic mass is 9.97. The summed E-state index contributed by atoms with van der Waals surface area (Å²) in [5.41, 5.74) is 0. The summed E-state index contributed by atoms with van der Waals surface area (Å²) >= 11 is 1.34. The number of ether oxygens (including phenoxy) is 2. The molecule has 1 fully saturated rings. The lowest BCUT2D eigenvalue weighted by Crippen LogP contribution is -2.58. The Morgan fingerprint density at radius 2 is 1.84 bits per heavy atom. The van der Waals surface area contributed by atoms with Crippen molar-refractivity contribution in [3.8, 4) is 0 Å². The zero-order valence-corrected chi connectivity index (χ0v) is 12.0. The molecule has 0 aromatic rings. The van der Waals surface area contributed by atoms with Gasteiger partial charge in [0, 0.05) is 0 Å². The van der Waals surface area contributed by atoms with Crippen LogP contribution >= 0.6 is 19.4 Å². The van der Waals surface area contributed by atoms with E-state index in [2.05, 4.69) is 0 Å². The molecule has 1 saturated heterocycles. The molecule has 1 aliphatic rings. The minimum Gasteiger partial charge on any atom is -0.388 e. The van der Waals surface area contributed by atoms with E-state index >= 15 is 0 Å². The van der Waals surface area contributed by atoms with Gasteiger partial charge in [-0.15, -0.1) is 11.8 Å². The molecule has 0 spiro atoms. The van der Waals surface area contributed by atoms with E-state index in [0.29, 0.717) is 0 Å². The summed E-state index contributed by atoms with van der Waals surface area (Å²) in [6.07, 6.45) is -5.30. The maximum Gasteiger partial charge on any atom is 0.325 e. The Morgan fingerprint density at radius 3 is 2.37 bits per heavy atom. The number of rotatable bonds is 6. The zero-order chi connectivity index (χ0) is 14.6. The van der Waals surface area contributed by atoms with E-state index in [9.17, 15) is 19.9 Å². The number of hydrogen-bond acceptors (Lipinski definition) is 7. The van der Waals surface area contributed by atoms with Gasteiger partial charge in [0.1, 0.15) is 18.3 Å². The fourth-order valence-corrected chi connectivity index (χ4v) is 2.58. The normalized spacial score (nSPS) is 36.4. The lowest BCUT2D eigenvalue weighted by Gasteiger charge is -2.40. The number of aliphatic hydroxyl groups excluding tert-OH is 3. The molecule has 1 aliphatic heterocycles. The molecule has 0 aromatic carbocycles. The predicted octanol–water partition coefficient (Wildman–Crippen LogP) is -1.30. The molecule has 114 valence electrons. The standard InChI is InChI=1S/C9H19O8PS/c1-19-4-16-9-8(12)7(11)6(10)5(17-9)2-3-18(13,14)15/h5-12H,2-4H2,1H3,(H2,13,14,15)/t5-,6-,7+,8+,9?/m1/s1. The van der Waals surface area contributed by atoms with Crippen LogP contribution in [-0.2, 0) is 14.0 Å². The van der Waals surface area contributed by atoms with Crippen LogP contribution in [0.15, 0.2) is 0 Å². The molecule has 0 aliphatic carbocycles.